The molecule has 1 N–H and O–H groups in total. The molecule has 2 aromatic carbocycles. The number of ketones is 1. The highest BCUT2D eigenvalue weighted by Crippen LogP contribution is 2.31. The average Bonchev–Trinajstić information content (AvgIpc) is 2.94. The molecule has 0 amide bonds. The molecule has 2 saturated heterocycles. The molecule has 4 rings (SSSR count). The van der Waals surface area contributed by atoms with E-state index in [9.17, 15) is 4.79 Å². The van der Waals surface area contributed by atoms with Crippen LogP contribution in [0.25, 0.3) is 11.1 Å². The standard InChI is InChI=1S/C21H23NO2/c1-14(23)15-5-7-16(8-6-15)17-3-2-4-20(11-17)24-21-12-18-9-10-19(13-21)22-18/h2-8,11,18-19,21-22H,9-10,12-13H2,1H3. The molecule has 0 spiro atoms. The predicted molar refractivity (Wildman–Crippen MR) is 95.5 cm³/mol. The van der Waals surface area contributed by atoms with Crippen molar-refractivity contribution < 1.29 is 9.53 Å². The van der Waals surface area contributed by atoms with Crippen molar-refractivity contribution in [1.82, 2.24) is 5.32 Å². The zero-order chi connectivity index (χ0) is 16.5. The number of rotatable bonds is 4. The number of carbonyl (C=O) groups excluding carboxylic acids is 1. The summed E-state index contributed by atoms with van der Waals surface area (Å²) in [6, 6.07) is 17.3. The third-order valence-corrected chi connectivity index (χ3v) is 5.19. The molecule has 24 heavy (non-hydrogen) atoms. The highest BCUT2D eigenvalue weighted by atomic mass is 16.5. The van der Waals surface area contributed by atoms with E-state index in [1.165, 1.54) is 12.8 Å². The van der Waals surface area contributed by atoms with Crippen molar-refractivity contribution in [3.8, 4) is 16.9 Å². The van der Waals surface area contributed by atoms with Crippen molar-refractivity contribution in [2.45, 2.75) is 50.8 Å². The molecule has 2 aliphatic rings. The number of benzene rings is 2. The second-order valence-corrected chi connectivity index (χ2v) is 7.01. The SMILES string of the molecule is CC(=O)c1ccc(-c2cccc(OC3CC4CCC(C3)N4)c2)cc1. The van der Waals surface area contributed by atoms with Gasteiger partial charge in [-0.15, -0.1) is 0 Å². The van der Waals surface area contributed by atoms with E-state index >= 15 is 0 Å². The van der Waals surface area contributed by atoms with E-state index in [1.54, 1.807) is 6.92 Å². The maximum Gasteiger partial charge on any atom is 0.159 e. The molecule has 2 unspecified atom stereocenters. The second-order valence-electron chi connectivity index (χ2n) is 7.01. The summed E-state index contributed by atoms with van der Waals surface area (Å²) < 4.78 is 6.27. The van der Waals surface area contributed by atoms with Gasteiger partial charge in [0.05, 0.1) is 0 Å². The van der Waals surface area contributed by atoms with Crippen molar-refractivity contribution in [2.75, 3.05) is 0 Å². The summed E-state index contributed by atoms with van der Waals surface area (Å²) in [6.45, 7) is 1.59. The first-order valence-corrected chi connectivity index (χ1v) is 8.81. The molecule has 3 nitrogen and oxygen atoms in total. The molecule has 2 atom stereocenters. The molecule has 2 fully saturated rings. The highest BCUT2D eigenvalue weighted by molar-refractivity contribution is 5.94. The molecule has 3 heteroatoms. The van der Waals surface area contributed by atoms with Crippen molar-refractivity contribution in [1.29, 1.82) is 0 Å². The Morgan fingerprint density at radius 1 is 1.00 bits per heavy atom. The van der Waals surface area contributed by atoms with Gasteiger partial charge in [-0.05, 0) is 55.9 Å². The lowest BCUT2D eigenvalue weighted by molar-refractivity contribution is 0.101. The lowest BCUT2D eigenvalue weighted by atomic mass is 10.0. The van der Waals surface area contributed by atoms with E-state index in [4.69, 9.17) is 4.74 Å². The molecule has 0 aromatic heterocycles. The first-order valence-electron chi connectivity index (χ1n) is 8.81. The van der Waals surface area contributed by atoms with Crippen LogP contribution in [-0.4, -0.2) is 24.0 Å². The Labute approximate surface area is 143 Å². The molecule has 0 saturated carbocycles. The number of piperidine rings is 1. The van der Waals surface area contributed by atoms with Crippen molar-refractivity contribution >= 4 is 5.78 Å². The van der Waals surface area contributed by atoms with Crippen LogP contribution in [-0.2, 0) is 0 Å². The number of carbonyl (C=O) groups is 1. The Hall–Kier alpha value is -2.13. The van der Waals surface area contributed by atoms with Gasteiger partial charge in [-0.1, -0.05) is 36.4 Å². The fourth-order valence-corrected chi connectivity index (χ4v) is 3.94. The van der Waals surface area contributed by atoms with Gasteiger partial charge in [-0.2, -0.15) is 0 Å². The van der Waals surface area contributed by atoms with E-state index in [1.807, 2.05) is 36.4 Å². The molecular weight excluding hydrogens is 298 g/mol. The van der Waals surface area contributed by atoms with E-state index in [-0.39, 0.29) is 5.78 Å². The van der Waals surface area contributed by atoms with Gasteiger partial charge in [-0.3, -0.25) is 4.79 Å². The van der Waals surface area contributed by atoms with E-state index in [0.29, 0.717) is 18.2 Å². The van der Waals surface area contributed by atoms with Crippen LogP contribution >= 0.6 is 0 Å². The van der Waals surface area contributed by atoms with Crippen LogP contribution in [0.2, 0.25) is 0 Å². The molecule has 2 aliphatic heterocycles. The second kappa shape index (κ2) is 6.40. The highest BCUT2D eigenvalue weighted by Gasteiger charge is 2.34. The fraction of sp³-hybridized carbons (Fsp3) is 0.381. The first-order chi connectivity index (χ1) is 11.7. The topological polar surface area (TPSA) is 38.3 Å². The normalized spacial score (nSPS) is 25.5. The van der Waals surface area contributed by atoms with Crippen LogP contribution in [0.5, 0.6) is 5.75 Å². The zero-order valence-corrected chi connectivity index (χ0v) is 14.0. The number of fused-ring (bicyclic) bond motifs is 2. The van der Waals surface area contributed by atoms with Gasteiger partial charge in [0.25, 0.3) is 0 Å². The summed E-state index contributed by atoms with van der Waals surface area (Å²) in [5.41, 5.74) is 2.98. The largest absolute Gasteiger partial charge is 0.490 e. The summed E-state index contributed by atoms with van der Waals surface area (Å²) in [6.07, 6.45) is 5.10. The predicted octanol–water partition coefficient (Wildman–Crippen LogP) is 4.22. The number of nitrogens with one attached hydrogen (secondary N) is 1. The molecule has 2 heterocycles. The summed E-state index contributed by atoms with van der Waals surface area (Å²) in [4.78, 5) is 11.4. The number of Topliss-reactive ketones (excluding diaryl/α,β-unsaturated/α-hetero) is 1. The minimum absolute atomic E-state index is 0.0965. The number of hydrogen-bond donors (Lipinski definition) is 1. The molecule has 0 radical (unpaired) electrons. The Balaban J connectivity index is 1.50. The quantitative estimate of drug-likeness (QED) is 0.857. The third kappa shape index (κ3) is 3.22. The number of hydrogen-bond acceptors (Lipinski definition) is 3. The maximum atomic E-state index is 11.4. The molecule has 124 valence electrons. The van der Waals surface area contributed by atoms with Gasteiger partial charge in [0.2, 0.25) is 0 Å². The first kappa shape index (κ1) is 15.4. The average molecular weight is 321 g/mol. The van der Waals surface area contributed by atoms with Crippen LogP contribution in [0.3, 0.4) is 0 Å². The smallest absolute Gasteiger partial charge is 0.159 e. The minimum Gasteiger partial charge on any atom is -0.490 e. The molecule has 2 aromatic rings. The Morgan fingerprint density at radius 2 is 1.71 bits per heavy atom. The van der Waals surface area contributed by atoms with Gasteiger partial charge in [0, 0.05) is 17.6 Å². The van der Waals surface area contributed by atoms with Crippen LogP contribution in [0, 0.1) is 0 Å². The van der Waals surface area contributed by atoms with Gasteiger partial charge < -0.3 is 10.1 Å². The van der Waals surface area contributed by atoms with Crippen molar-refractivity contribution in [3.05, 3.63) is 54.1 Å². The fourth-order valence-electron chi connectivity index (χ4n) is 3.94. The monoisotopic (exact) mass is 321 g/mol. The number of ether oxygens (including phenoxy) is 1. The van der Waals surface area contributed by atoms with Crippen LogP contribution in [0.15, 0.2) is 48.5 Å². The summed E-state index contributed by atoms with van der Waals surface area (Å²) in [5.74, 6) is 1.04. The molecular formula is C21H23NO2. The van der Waals surface area contributed by atoms with Crippen LogP contribution in [0.1, 0.15) is 43.0 Å². The Bertz CT molecular complexity index is 726. The lowest BCUT2D eigenvalue weighted by Gasteiger charge is -2.29. The maximum absolute atomic E-state index is 11.4. The summed E-state index contributed by atoms with van der Waals surface area (Å²) in [7, 11) is 0. The Morgan fingerprint density at radius 3 is 2.38 bits per heavy atom. The lowest BCUT2D eigenvalue weighted by Crippen LogP contribution is -2.42. The van der Waals surface area contributed by atoms with Crippen molar-refractivity contribution in [3.63, 3.8) is 0 Å². The van der Waals surface area contributed by atoms with Gasteiger partial charge in [0.15, 0.2) is 5.78 Å². The van der Waals surface area contributed by atoms with Gasteiger partial charge in [-0.25, -0.2) is 0 Å². The molecule has 0 aliphatic carbocycles. The third-order valence-electron chi connectivity index (χ3n) is 5.19. The Kier molecular flexibility index (Phi) is 4.11. The van der Waals surface area contributed by atoms with Gasteiger partial charge in [0.1, 0.15) is 11.9 Å². The summed E-state index contributed by atoms with van der Waals surface area (Å²) >= 11 is 0. The molecule has 2 bridgehead atoms. The van der Waals surface area contributed by atoms with Gasteiger partial charge >= 0.3 is 0 Å². The van der Waals surface area contributed by atoms with E-state index in [2.05, 4.69) is 17.4 Å². The van der Waals surface area contributed by atoms with Crippen molar-refractivity contribution in [2.24, 2.45) is 0 Å². The van der Waals surface area contributed by atoms with E-state index < -0.39 is 0 Å². The summed E-state index contributed by atoms with van der Waals surface area (Å²) in [5, 5.41) is 3.65. The minimum atomic E-state index is 0.0965. The zero-order valence-electron chi connectivity index (χ0n) is 14.0. The van der Waals surface area contributed by atoms with Crippen LogP contribution in [0.4, 0.5) is 0 Å². The van der Waals surface area contributed by atoms with Crippen LogP contribution < -0.4 is 10.1 Å². The van der Waals surface area contributed by atoms with E-state index in [0.717, 1.165) is 35.3 Å².